The van der Waals surface area contributed by atoms with Crippen LogP contribution in [0.25, 0.3) is 0 Å². The number of benzene rings is 1. The average molecular weight is 290 g/mol. The first-order chi connectivity index (χ1) is 9.13. The van der Waals surface area contributed by atoms with Gasteiger partial charge in [0.1, 0.15) is 0 Å². The van der Waals surface area contributed by atoms with Gasteiger partial charge in [-0.25, -0.2) is 0 Å². The molecule has 2 saturated heterocycles. The summed E-state index contributed by atoms with van der Waals surface area (Å²) >= 11 is 0. The molecule has 0 bridgehead atoms. The largest absolute Gasteiger partial charge is 0.0676 e. The molecule has 102 valence electrons. The summed E-state index contributed by atoms with van der Waals surface area (Å²) in [7, 11) is 0.207. The highest BCUT2D eigenvalue weighted by Crippen LogP contribution is 2.74. The molecule has 0 aliphatic carbocycles. The molecule has 3 aliphatic heterocycles. The fourth-order valence-electron chi connectivity index (χ4n) is 4.98. The normalized spacial score (nSPS) is 47.6. The van der Waals surface area contributed by atoms with Gasteiger partial charge in [-0.05, 0) is 58.4 Å². The molecule has 1 aromatic carbocycles. The van der Waals surface area contributed by atoms with Crippen molar-refractivity contribution < 1.29 is 0 Å². The minimum atomic E-state index is 0.0867. The van der Waals surface area contributed by atoms with Gasteiger partial charge in [0.15, 0.2) is 0 Å². The van der Waals surface area contributed by atoms with Crippen molar-refractivity contribution in [2.45, 2.75) is 68.6 Å². The molecule has 0 radical (unpaired) electrons. The number of hydrogen-bond donors (Lipinski definition) is 0. The molecule has 0 saturated carbocycles. The second-order valence-electron chi connectivity index (χ2n) is 6.95. The number of hydrogen-bond acceptors (Lipinski definition) is 0. The molecular formula is C17H24P2. The maximum Gasteiger partial charge on any atom is -0.000924 e. The van der Waals surface area contributed by atoms with E-state index >= 15 is 0 Å². The first kappa shape index (κ1) is 12.8. The van der Waals surface area contributed by atoms with Crippen molar-refractivity contribution in [3.8, 4) is 0 Å². The van der Waals surface area contributed by atoms with Crippen LogP contribution >= 0.6 is 15.8 Å². The van der Waals surface area contributed by atoms with Crippen molar-refractivity contribution in [3.63, 3.8) is 0 Å². The summed E-state index contributed by atoms with van der Waals surface area (Å²) in [6.45, 7) is 7.72. The van der Waals surface area contributed by atoms with Crippen molar-refractivity contribution in [2.75, 3.05) is 0 Å². The lowest BCUT2D eigenvalue weighted by Crippen LogP contribution is -2.45. The van der Waals surface area contributed by atoms with Crippen LogP contribution in [0.4, 0.5) is 0 Å². The third kappa shape index (κ3) is 1.60. The lowest BCUT2D eigenvalue weighted by Gasteiger charge is -2.48. The Morgan fingerprint density at radius 3 is 2.53 bits per heavy atom. The Morgan fingerprint density at radius 1 is 1.00 bits per heavy atom. The van der Waals surface area contributed by atoms with Crippen LogP contribution in [0, 0.1) is 0 Å². The van der Waals surface area contributed by atoms with Crippen molar-refractivity contribution in [1.82, 2.24) is 0 Å². The summed E-state index contributed by atoms with van der Waals surface area (Å²) in [6.07, 6.45) is 5.98. The van der Waals surface area contributed by atoms with Crippen LogP contribution in [0.1, 0.15) is 46.5 Å². The summed E-state index contributed by atoms with van der Waals surface area (Å²) in [5.41, 5.74) is 2.96. The predicted octanol–water partition coefficient (Wildman–Crippen LogP) is 4.41. The molecule has 0 nitrogen and oxygen atoms in total. The highest BCUT2D eigenvalue weighted by atomic mass is 31.1. The number of fused-ring (bicyclic) bond motifs is 6. The quantitative estimate of drug-likeness (QED) is 0.621. The van der Waals surface area contributed by atoms with Gasteiger partial charge in [0, 0.05) is 0 Å². The number of rotatable bonds is 0. The Labute approximate surface area is 119 Å². The van der Waals surface area contributed by atoms with Gasteiger partial charge in [0.25, 0.3) is 0 Å². The molecule has 3 heterocycles. The van der Waals surface area contributed by atoms with Gasteiger partial charge >= 0.3 is 0 Å². The SMILES string of the molecule is C[C@H]1CC[C@H]2P1c1ccccc1P1[C@@H](C)CC[C@@]21C. The van der Waals surface area contributed by atoms with Gasteiger partial charge in [0.2, 0.25) is 0 Å². The van der Waals surface area contributed by atoms with Crippen molar-refractivity contribution in [1.29, 1.82) is 0 Å². The molecular weight excluding hydrogens is 266 g/mol. The van der Waals surface area contributed by atoms with E-state index < -0.39 is 0 Å². The van der Waals surface area contributed by atoms with Crippen LogP contribution < -0.4 is 10.6 Å². The van der Waals surface area contributed by atoms with Crippen LogP contribution in [0.3, 0.4) is 0 Å². The van der Waals surface area contributed by atoms with Gasteiger partial charge in [0.05, 0.1) is 0 Å². The molecule has 0 amide bonds. The van der Waals surface area contributed by atoms with E-state index in [1.807, 2.05) is 5.30 Å². The summed E-state index contributed by atoms with van der Waals surface area (Å²) < 4.78 is 0. The van der Waals surface area contributed by atoms with E-state index in [0.29, 0.717) is 5.16 Å². The molecule has 0 spiro atoms. The Kier molecular flexibility index (Phi) is 2.89. The van der Waals surface area contributed by atoms with Gasteiger partial charge in [-0.15, -0.1) is 0 Å². The zero-order valence-corrected chi connectivity index (χ0v) is 14.1. The molecule has 0 N–H and O–H groups in total. The van der Waals surface area contributed by atoms with E-state index in [4.69, 9.17) is 0 Å². The summed E-state index contributed by atoms with van der Waals surface area (Å²) in [6, 6.07) is 9.57. The summed E-state index contributed by atoms with van der Waals surface area (Å²) in [5.74, 6) is 0. The van der Waals surface area contributed by atoms with E-state index in [0.717, 1.165) is 17.0 Å². The molecule has 6 atom stereocenters. The second-order valence-corrected chi connectivity index (χ2v) is 12.9. The molecule has 2 unspecified atom stereocenters. The van der Waals surface area contributed by atoms with E-state index in [-0.39, 0.29) is 15.8 Å². The van der Waals surface area contributed by atoms with Crippen molar-refractivity contribution in [3.05, 3.63) is 24.3 Å². The average Bonchev–Trinajstić information content (AvgIpc) is 2.93. The smallest absolute Gasteiger partial charge is 0.000924 e. The molecule has 4 rings (SSSR count). The van der Waals surface area contributed by atoms with Crippen LogP contribution in [-0.2, 0) is 0 Å². The Morgan fingerprint density at radius 2 is 1.74 bits per heavy atom. The fraction of sp³-hybridized carbons (Fsp3) is 0.647. The lowest BCUT2D eigenvalue weighted by atomic mass is 9.97. The van der Waals surface area contributed by atoms with Crippen LogP contribution in [0.5, 0.6) is 0 Å². The predicted molar refractivity (Wildman–Crippen MR) is 89.1 cm³/mol. The van der Waals surface area contributed by atoms with E-state index in [2.05, 4.69) is 45.0 Å². The van der Waals surface area contributed by atoms with Crippen LogP contribution in [-0.4, -0.2) is 22.1 Å². The van der Waals surface area contributed by atoms with Gasteiger partial charge in [-0.3, -0.25) is 0 Å². The maximum absolute atomic E-state index is 2.66. The fourth-order valence-corrected chi connectivity index (χ4v) is 13.8. The molecule has 0 aromatic heterocycles. The van der Waals surface area contributed by atoms with Crippen LogP contribution in [0.2, 0.25) is 0 Å². The Bertz CT molecular complexity index is 512. The molecule has 2 heteroatoms. The standard InChI is InChI=1S/C17H24P2/c1-12-8-9-16-17(3)11-10-13(2)19(17)15-7-5-4-6-14(15)18(12)16/h4-7,12-13,16H,8-11H2,1-3H3/t12-,13-,16+,17-,18?,19?/m0/s1. The van der Waals surface area contributed by atoms with Crippen molar-refractivity contribution >= 4 is 26.5 Å². The Balaban J connectivity index is 1.94. The molecule has 3 aliphatic rings. The van der Waals surface area contributed by atoms with E-state index in [1.54, 1.807) is 5.30 Å². The highest BCUT2D eigenvalue weighted by molar-refractivity contribution is 7.77. The topological polar surface area (TPSA) is 0 Å². The molecule has 2 fully saturated rings. The lowest BCUT2D eigenvalue weighted by molar-refractivity contribution is 0.545. The third-order valence-electron chi connectivity index (χ3n) is 5.87. The first-order valence-corrected chi connectivity index (χ1v) is 10.7. The zero-order valence-electron chi connectivity index (χ0n) is 12.3. The minimum Gasteiger partial charge on any atom is -0.0676 e. The Hall–Kier alpha value is 0.0800. The molecule has 19 heavy (non-hydrogen) atoms. The van der Waals surface area contributed by atoms with E-state index in [9.17, 15) is 0 Å². The second kappa shape index (κ2) is 4.29. The first-order valence-electron chi connectivity index (χ1n) is 7.79. The zero-order chi connectivity index (χ0) is 13.2. The summed E-state index contributed by atoms with van der Waals surface area (Å²) in [5, 5.41) is 4.30. The minimum absolute atomic E-state index is 0.0867. The third-order valence-corrected chi connectivity index (χ3v) is 13.6. The summed E-state index contributed by atoms with van der Waals surface area (Å²) in [4.78, 5) is 0. The van der Waals surface area contributed by atoms with Gasteiger partial charge < -0.3 is 0 Å². The highest BCUT2D eigenvalue weighted by Gasteiger charge is 2.57. The van der Waals surface area contributed by atoms with Gasteiger partial charge in [-0.2, -0.15) is 0 Å². The van der Waals surface area contributed by atoms with Gasteiger partial charge in [-0.1, -0.05) is 60.9 Å². The maximum atomic E-state index is 2.66. The van der Waals surface area contributed by atoms with Crippen LogP contribution in [0.15, 0.2) is 24.3 Å². The monoisotopic (exact) mass is 290 g/mol. The molecule has 1 aromatic rings. The van der Waals surface area contributed by atoms with Crippen molar-refractivity contribution in [2.24, 2.45) is 0 Å². The van der Waals surface area contributed by atoms with E-state index in [1.165, 1.54) is 25.7 Å².